The maximum absolute atomic E-state index is 10.3. The zero-order valence-corrected chi connectivity index (χ0v) is 8.02. The normalized spacial score (nSPS) is 25.0. The number of hydrogen-bond donors (Lipinski definition) is 0. The van der Waals surface area contributed by atoms with Crippen molar-refractivity contribution in [1.82, 2.24) is 0 Å². The minimum Gasteiger partial charge on any atom is -0.433 e. The maximum atomic E-state index is 10.3. The van der Waals surface area contributed by atoms with Gasteiger partial charge in [-0.15, -0.1) is 0 Å². The quantitative estimate of drug-likeness (QED) is 0.396. The van der Waals surface area contributed by atoms with Crippen molar-refractivity contribution in [3.8, 4) is 0 Å². The third-order valence-corrected chi connectivity index (χ3v) is 2.34. The number of alkyl halides is 1. The molecule has 1 aliphatic rings. The molecule has 0 aromatic rings. The summed E-state index contributed by atoms with van der Waals surface area (Å²) in [6, 6.07) is 0. The van der Waals surface area contributed by atoms with Crippen LogP contribution in [0.3, 0.4) is 0 Å². The van der Waals surface area contributed by atoms with Crippen LogP contribution in [0.5, 0.6) is 0 Å². The Hall–Kier alpha value is -0.210. The number of hydrogen-bond acceptors (Lipinski definition) is 2. The van der Waals surface area contributed by atoms with Crippen LogP contribution in [-0.4, -0.2) is 11.0 Å². The van der Waals surface area contributed by atoms with E-state index in [1.165, 1.54) is 0 Å². The van der Waals surface area contributed by atoms with Crippen molar-refractivity contribution in [3.05, 3.63) is 12.2 Å². The van der Waals surface area contributed by atoms with Gasteiger partial charge in [-0.2, -0.15) is 0 Å². The van der Waals surface area contributed by atoms with E-state index in [1.807, 2.05) is 12.2 Å². The molecule has 0 aromatic carbocycles. The molecular weight excluding hydrogens is 199 g/mol. The zero-order valence-electron chi connectivity index (χ0n) is 6.50. The highest BCUT2D eigenvalue weighted by molar-refractivity contribution is 6.61. The standard InChI is InChI=1S/C8H10Cl2O2/c9-7(12-8(10)11)6-4-2-1-3-5-6/h2,4,6-7H,1,3,5H2. The summed E-state index contributed by atoms with van der Waals surface area (Å²) < 4.78 is 4.63. The molecule has 0 saturated carbocycles. The highest BCUT2D eigenvalue weighted by Gasteiger charge is 2.20. The van der Waals surface area contributed by atoms with Gasteiger partial charge in [0.05, 0.1) is 0 Å². The third kappa shape index (κ3) is 3.03. The number of rotatable bonds is 2. The van der Waals surface area contributed by atoms with Gasteiger partial charge in [0.15, 0.2) is 5.56 Å². The Labute approximate surface area is 81.5 Å². The molecule has 2 nitrogen and oxygen atoms in total. The van der Waals surface area contributed by atoms with E-state index in [9.17, 15) is 4.79 Å². The first-order valence-corrected chi connectivity index (χ1v) is 4.68. The summed E-state index contributed by atoms with van der Waals surface area (Å²) in [7, 11) is 0. The van der Waals surface area contributed by atoms with E-state index in [1.54, 1.807) is 0 Å². The van der Waals surface area contributed by atoms with Gasteiger partial charge in [-0.3, -0.25) is 0 Å². The summed E-state index contributed by atoms with van der Waals surface area (Å²) in [5, 5.41) is 0. The molecule has 2 unspecified atom stereocenters. The second-order valence-electron chi connectivity index (χ2n) is 2.73. The summed E-state index contributed by atoms with van der Waals surface area (Å²) >= 11 is 10.8. The minimum absolute atomic E-state index is 0.114. The van der Waals surface area contributed by atoms with Crippen molar-refractivity contribution in [3.63, 3.8) is 0 Å². The van der Waals surface area contributed by atoms with Crippen LogP contribution in [0.2, 0.25) is 0 Å². The lowest BCUT2D eigenvalue weighted by molar-refractivity contribution is 0.137. The molecule has 1 aliphatic carbocycles. The molecule has 0 heterocycles. The maximum Gasteiger partial charge on any atom is 0.405 e. The fourth-order valence-electron chi connectivity index (χ4n) is 1.23. The van der Waals surface area contributed by atoms with E-state index in [0.717, 1.165) is 19.3 Å². The van der Waals surface area contributed by atoms with Gasteiger partial charge in [0.2, 0.25) is 0 Å². The molecule has 0 fully saturated rings. The van der Waals surface area contributed by atoms with Crippen LogP contribution in [0, 0.1) is 5.92 Å². The second-order valence-corrected chi connectivity index (χ2v) is 3.47. The summed E-state index contributed by atoms with van der Waals surface area (Å²) in [5.41, 5.74) is -1.46. The first-order valence-electron chi connectivity index (χ1n) is 3.87. The van der Waals surface area contributed by atoms with Gasteiger partial charge in [0.25, 0.3) is 0 Å². The number of ether oxygens (including phenoxy) is 1. The Morgan fingerprint density at radius 3 is 2.92 bits per heavy atom. The Bertz CT molecular complexity index is 191. The Morgan fingerprint density at radius 1 is 1.67 bits per heavy atom. The molecule has 12 heavy (non-hydrogen) atoms. The number of carbonyl (C=O) groups excluding carboxylic acids is 1. The van der Waals surface area contributed by atoms with Gasteiger partial charge < -0.3 is 4.74 Å². The average molecular weight is 209 g/mol. The largest absolute Gasteiger partial charge is 0.433 e. The van der Waals surface area contributed by atoms with Crippen LogP contribution < -0.4 is 0 Å². The Kier molecular flexibility index (Phi) is 3.89. The molecular formula is C8H10Cl2O2. The second kappa shape index (κ2) is 4.73. The topological polar surface area (TPSA) is 26.3 Å². The van der Waals surface area contributed by atoms with Gasteiger partial charge in [-0.25, -0.2) is 4.79 Å². The molecule has 0 aliphatic heterocycles. The highest BCUT2D eigenvalue weighted by atomic mass is 35.5. The summed E-state index contributed by atoms with van der Waals surface area (Å²) in [5.74, 6) is 0.114. The molecule has 0 radical (unpaired) electrons. The van der Waals surface area contributed by atoms with Crippen LogP contribution in [0.15, 0.2) is 12.2 Å². The molecule has 0 spiro atoms. The molecule has 0 saturated heterocycles. The smallest absolute Gasteiger partial charge is 0.405 e. The van der Waals surface area contributed by atoms with E-state index < -0.39 is 11.0 Å². The fourth-order valence-corrected chi connectivity index (χ4v) is 1.67. The molecule has 2 atom stereocenters. The van der Waals surface area contributed by atoms with Crippen molar-refractivity contribution < 1.29 is 9.53 Å². The first-order chi connectivity index (χ1) is 5.70. The van der Waals surface area contributed by atoms with Crippen molar-refractivity contribution in [2.45, 2.75) is 24.8 Å². The van der Waals surface area contributed by atoms with Gasteiger partial charge in [0.1, 0.15) is 0 Å². The molecule has 4 heteroatoms. The number of carbonyl (C=O) groups is 1. The molecule has 0 bridgehead atoms. The van der Waals surface area contributed by atoms with Crippen LogP contribution in [0.1, 0.15) is 19.3 Å². The van der Waals surface area contributed by atoms with Crippen molar-refractivity contribution in [2.24, 2.45) is 5.92 Å². The average Bonchev–Trinajstić information content (AvgIpc) is 2.05. The lowest BCUT2D eigenvalue weighted by Gasteiger charge is -2.20. The van der Waals surface area contributed by atoms with Crippen LogP contribution in [0.4, 0.5) is 4.79 Å². The lowest BCUT2D eigenvalue weighted by atomic mass is 9.97. The first kappa shape index (κ1) is 9.87. The lowest BCUT2D eigenvalue weighted by Crippen LogP contribution is -2.19. The van der Waals surface area contributed by atoms with Crippen molar-refractivity contribution in [2.75, 3.05) is 0 Å². The van der Waals surface area contributed by atoms with Crippen molar-refractivity contribution in [1.29, 1.82) is 0 Å². The summed E-state index contributed by atoms with van der Waals surface area (Å²) in [6.45, 7) is 0. The molecule has 0 aromatic heterocycles. The van der Waals surface area contributed by atoms with Gasteiger partial charge in [-0.1, -0.05) is 23.8 Å². The van der Waals surface area contributed by atoms with Crippen molar-refractivity contribution >= 4 is 28.6 Å². The van der Waals surface area contributed by atoms with E-state index >= 15 is 0 Å². The SMILES string of the molecule is O=C(Cl)OC(Cl)C1C=CCCC1. The minimum atomic E-state index is -0.839. The predicted octanol–water partition coefficient (Wildman–Crippen LogP) is 3.28. The Balaban J connectivity index is 2.39. The van der Waals surface area contributed by atoms with E-state index in [0.29, 0.717) is 0 Å². The van der Waals surface area contributed by atoms with Crippen LogP contribution in [-0.2, 0) is 4.74 Å². The predicted molar refractivity (Wildman–Crippen MR) is 48.5 cm³/mol. The zero-order chi connectivity index (χ0) is 8.97. The number of halogens is 2. The highest BCUT2D eigenvalue weighted by Crippen LogP contribution is 2.25. The van der Waals surface area contributed by atoms with Gasteiger partial charge >= 0.3 is 5.43 Å². The van der Waals surface area contributed by atoms with Crippen LogP contribution in [0.25, 0.3) is 0 Å². The van der Waals surface area contributed by atoms with Gasteiger partial charge in [0, 0.05) is 17.5 Å². The Morgan fingerprint density at radius 2 is 2.42 bits per heavy atom. The molecule has 0 N–H and O–H groups in total. The number of allylic oxidation sites excluding steroid dienone is 1. The summed E-state index contributed by atoms with van der Waals surface area (Å²) in [6.07, 6.45) is 7.14. The van der Waals surface area contributed by atoms with E-state index in [4.69, 9.17) is 23.2 Å². The molecule has 1 rings (SSSR count). The monoisotopic (exact) mass is 208 g/mol. The summed E-state index contributed by atoms with van der Waals surface area (Å²) in [4.78, 5) is 10.3. The van der Waals surface area contributed by atoms with E-state index in [-0.39, 0.29) is 5.92 Å². The van der Waals surface area contributed by atoms with Gasteiger partial charge in [-0.05, 0) is 19.3 Å². The fraction of sp³-hybridized carbons (Fsp3) is 0.625. The molecule has 68 valence electrons. The van der Waals surface area contributed by atoms with Crippen LogP contribution >= 0.6 is 23.2 Å². The molecule has 0 amide bonds. The van der Waals surface area contributed by atoms with E-state index in [2.05, 4.69) is 4.74 Å². The third-order valence-electron chi connectivity index (χ3n) is 1.83.